The van der Waals surface area contributed by atoms with Gasteiger partial charge in [0.15, 0.2) is 11.5 Å². The molecule has 0 aliphatic rings. The van der Waals surface area contributed by atoms with Crippen LogP contribution >= 0.6 is 11.8 Å². The maximum absolute atomic E-state index is 12.2. The van der Waals surface area contributed by atoms with Crippen molar-refractivity contribution >= 4 is 11.8 Å². The number of thioether (sulfide) groups is 1. The molecular formula is C18H16F2N2O4S. The highest BCUT2D eigenvalue weighted by atomic mass is 32.2. The number of hydrogen-bond acceptors (Lipinski definition) is 7. The van der Waals surface area contributed by atoms with Crippen LogP contribution < -0.4 is 14.2 Å². The van der Waals surface area contributed by atoms with E-state index in [1.807, 2.05) is 0 Å². The summed E-state index contributed by atoms with van der Waals surface area (Å²) in [5.41, 5.74) is 1.62. The lowest BCUT2D eigenvalue weighted by Crippen LogP contribution is -2.01. The molecule has 0 atom stereocenters. The number of rotatable bonds is 8. The molecule has 1 aromatic heterocycles. The number of nitrogens with zero attached hydrogens (tertiary/aromatic N) is 2. The van der Waals surface area contributed by atoms with Gasteiger partial charge in [-0.1, -0.05) is 23.9 Å². The number of aromatic nitrogens is 2. The van der Waals surface area contributed by atoms with Gasteiger partial charge in [-0.2, -0.15) is 8.78 Å². The molecule has 6 nitrogen and oxygen atoms in total. The van der Waals surface area contributed by atoms with Crippen LogP contribution in [0, 0.1) is 0 Å². The van der Waals surface area contributed by atoms with Crippen LogP contribution in [-0.2, 0) is 5.75 Å². The van der Waals surface area contributed by atoms with E-state index in [0.29, 0.717) is 33.9 Å². The topological polar surface area (TPSA) is 66.6 Å². The van der Waals surface area contributed by atoms with E-state index in [1.54, 1.807) is 44.6 Å². The highest BCUT2D eigenvalue weighted by Crippen LogP contribution is 2.33. The van der Waals surface area contributed by atoms with Crippen molar-refractivity contribution in [2.45, 2.75) is 17.6 Å². The van der Waals surface area contributed by atoms with Gasteiger partial charge >= 0.3 is 6.61 Å². The lowest BCUT2D eigenvalue weighted by molar-refractivity contribution is -0.0498. The molecule has 1 heterocycles. The molecule has 0 N–H and O–H groups in total. The molecule has 3 rings (SSSR count). The lowest BCUT2D eigenvalue weighted by Gasteiger charge is -2.07. The molecule has 27 heavy (non-hydrogen) atoms. The van der Waals surface area contributed by atoms with Crippen LogP contribution in [0.1, 0.15) is 5.56 Å². The van der Waals surface area contributed by atoms with Crippen LogP contribution in [-0.4, -0.2) is 31.0 Å². The van der Waals surface area contributed by atoms with Crippen molar-refractivity contribution in [2.75, 3.05) is 14.2 Å². The molecule has 0 saturated carbocycles. The van der Waals surface area contributed by atoms with Crippen LogP contribution in [0.2, 0.25) is 0 Å². The van der Waals surface area contributed by atoms with Crippen LogP contribution in [0.5, 0.6) is 17.2 Å². The molecular weight excluding hydrogens is 378 g/mol. The van der Waals surface area contributed by atoms with Crippen molar-refractivity contribution in [3.8, 4) is 28.7 Å². The summed E-state index contributed by atoms with van der Waals surface area (Å²) in [7, 11) is 3.11. The highest BCUT2D eigenvalue weighted by Gasteiger charge is 2.13. The SMILES string of the molecule is COc1ccc(-c2nnc(SCc3ccc(OC(F)F)cc3)o2)cc1OC. The number of methoxy groups -OCH3 is 2. The Balaban J connectivity index is 1.64. The molecule has 0 bridgehead atoms. The molecule has 0 amide bonds. The summed E-state index contributed by atoms with van der Waals surface area (Å²) in [5, 5.41) is 8.45. The average Bonchev–Trinajstić information content (AvgIpc) is 3.15. The summed E-state index contributed by atoms with van der Waals surface area (Å²) >= 11 is 1.34. The van der Waals surface area contributed by atoms with Gasteiger partial charge in [0.05, 0.1) is 14.2 Å². The second kappa shape index (κ2) is 8.72. The van der Waals surface area contributed by atoms with Gasteiger partial charge in [-0.3, -0.25) is 0 Å². The van der Waals surface area contributed by atoms with Crippen molar-refractivity contribution in [2.24, 2.45) is 0 Å². The fourth-order valence-corrected chi connectivity index (χ4v) is 2.99. The third-order valence-electron chi connectivity index (χ3n) is 3.55. The summed E-state index contributed by atoms with van der Waals surface area (Å²) in [5.74, 6) is 2.19. The Hall–Kier alpha value is -2.81. The van der Waals surface area contributed by atoms with E-state index in [2.05, 4.69) is 14.9 Å². The summed E-state index contributed by atoms with van der Waals surface area (Å²) in [6.07, 6.45) is 0. The van der Waals surface area contributed by atoms with E-state index >= 15 is 0 Å². The largest absolute Gasteiger partial charge is 0.493 e. The van der Waals surface area contributed by atoms with Crippen LogP contribution in [0.25, 0.3) is 11.5 Å². The summed E-state index contributed by atoms with van der Waals surface area (Å²) in [6, 6.07) is 11.7. The molecule has 0 unspecified atom stereocenters. The Morgan fingerprint density at radius 2 is 1.74 bits per heavy atom. The van der Waals surface area contributed by atoms with E-state index < -0.39 is 6.61 Å². The normalized spacial score (nSPS) is 10.9. The first kappa shape index (κ1) is 19.0. The quantitative estimate of drug-likeness (QED) is 0.515. The van der Waals surface area contributed by atoms with Gasteiger partial charge in [0.1, 0.15) is 5.75 Å². The summed E-state index contributed by atoms with van der Waals surface area (Å²) in [6.45, 7) is -2.83. The zero-order valence-electron chi connectivity index (χ0n) is 14.5. The van der Waals surface area contributed by atoms with Gasteiger partial charge in [-0.25, -0.2) is 0 Å². The van der Waals surface area contributed by atoms with Gasteiger partial charge in [0, 0.05) is 11.3 Å². The van der Waals surface area contributed by atoms with E-state index in [9.17, 15) is 8.78 Å². The first-order valence-corrected chi connectivity index (χ1v) is 8.80. The van der Waals surface area contributed by atoms with Crippen molar-refractivity contribution in [1.29, 1.82) is 0 Å². The number of ether oxygens (including phenoxy) is 3. The predicted molar refractivity (Wildman–Crippen MR) is 95.5 cm³/mol. The third kappa shape index (κ3) is 4.88. The fourth-order valence-electron chi connectivity index (χ4n) is 2.27. The maximum atomic E-state index is 12.2. The van der Waals surface area contributed by atoms with Crippen molar-refractivity contribution in [3.63, 3.8) is 0 Å². The van der Waals surface area contributed by atoms with Crippen molar-refractivity contribution < 1.29 is 27.4 Å². The number of halogens is 2. The second-order valence-electron chi connectivity index (χ2n) is 5.25. The first-order valence-electron chi connectivity index (χ1n) is 7.81. The molecule has 3 aromatic rings. The minimum atomic E-state index is -2.83. The minimum Gasteiger partial charge on any atom is -0.493 e. The van der Waals surface area contributed by atoms with E-state index in [0.717, 1.165) is 5.56 Å². The summed E-state index contributed by atoms with van der Waals surface area (Å²) in [4.78, 5) is 0. The molecule has 0 aliphatic carbocycles. The number of benzene rings is 2. The van der Waals surface area contributed by atoms with Gasteiger partial charge < -0.3 is 18.6 Å². The monoisotopic (exact) mass is 394 g/mol. The Morgan fingerprint density at radius 1 is 1.00 bits per heavy atom. The molecule has 0 radical (unpaired) electrons. The van der Waals surface area contributed by atoms with Crippen LogP contribution in [0.3, 0.4) is 0 Å². The number of alkyl halides is 2. The predicted octanol–water partition coefficient (Wildman–Crippen LogP) is 4.65. The minimum absolute atomic E-state index is 0.118. The molecule has 9 heteroatoms. The molecule has 2 aromatic carbocycles. The Morgan fingerprint density at radius 3 is 2.41 bits per heavy atom. The Bertz CT molecular complexity index is 887. The molecule has 142 valence electrons. The van der Waals surface area contributed by atoms with Crippen LogP contribution in [0.15, 0.2) is 52.1 Å². The number of hydrogen-bond donors (Lipinski definition) is 0. The van der Waals surface area contributed by atoms with Gasteiger partial charge in [-0.05, 0) is 35.9 Å². The highest BCUT2D eigenvalue weighted by molar-refractivity contribution is 7.98. The van der Waals surface area contributed by atoms with Gasteiger partial charge in [0.2, 0.25) is 5.89 Å². The Kier molecular flexibility index (Phi) is 6.12. The molecule has 0 spiro atoms. The van der Waals surface area contributed by atoms with Crippen molar-refractivity contribution in [1.82, 2.24) is 10.2 Å². The zero-order valence-corrected chi connectivity index (χ0v) is 15.3. The Labute approximate surface area is 158 Å². The van der Waals surface area contributed by atoms with E-state index in [1.165, 1.54) is 23.9 Å². The summed E-state index contributed by atoms with van der Waals surface area (Å²) < 4.78 is 44.8. The van der Waals surface area contributed by atoms with Gasteiger partial charge in [-0.15, -0.1) is 10.2 Å². The second-order valence-corrected chi connectivity index (χ2v) is 6.18. The van der Waals surface area contributed by atoms with E-state index in [4.69, 9.17) is 13.9 Å². The van der Waals surface area contributed by atoms with E-state index in [-0.39, 0.29) is 5.75 Å². The zero-order chi connectivity index (χ0) is 19.2. The van der Waals surface area contributed by atoms with Crippen LogP contribution in [0.4, 0.5) is 8.78 Å². The first-order chi connectivity index (χ1) is 13.1. The molecule has 0 aliphatic heterocycles. The average molecular weight is 394 g/mol. The van der Waals surface area contributed by atoms with Crippen molar-refractivity contribution in [3.05, 3.63) is 48.0 Å². The lowest BCUT2D eigenvalue weighted by atomic mass is 10.2. The fraction of sp³-hybridized carbons (Fsp3) is 0.222. The standard InChI is InChI=1S/C18H16F2N2O4S/c1-23-14-8-5-12(9-15(14)24-2)16-21-22-18(26-16)27-10-11-3-6-13(7-4-11)25-17(19)20/h3-9,17H,10H2,1-2H3. The van der Waals surface area contributed by atoms with Gasteiger partial charge in [0.25, 0.3) is 5.22 Å². The maximum Gasteiger partial charge on any atom is 0.387 e. The smallest absolute Gasteiger partial charge is 0.387 e. The third-order valence-corrected chi connectivity index (χ3v) is 4.44. The molecule has 0 saturated heterocycles. The molecule has 0 fully saturated rings.